The zero-order chi connectivity index (χ0) is 29.2. The maximum Gasteiger partial charge on any atom is 0.449 e. The number of rotatable bonds is 9. The highest BCUT2D eigenvalue weighted by Gasteiger charge is 2.35. The summed E-state index contributed by atoms with van der Waals surface area (Å²) in [5, 5.41) is 9.58. The van der Waals surface area contributed by atoms with Crippen LogP contribution in [0, 0.1) is 20.8 Å². The minimum Gasteiger partial charge on any atom is -0.481 e. The van der Waals surface area contributed by atoms with Crippen LogP contribution in [0.15, 0.2) is 76.3 Å². The van der Waals surface area contributed by atoms with Gasteiger partial charge in [0, 0.05) is 29.4 Å². The van der Waals surface area contributed by atoms with Crippen LogP contribution in [0.5, 0.6) is 0 Å². The average molecular weight is 569 g/mol. The van der Waals surface area contributed by atoms with Crippen molar-refractivity contribution in [3.8, 4) is 11.1 Å². The minimum atomic E-state index is -4.54. The van der Waals surface area contributed by atoms with E-state index in [0.717, 1.165) is 44.3 Å². The number of nitrogens with zero attached hydrogens (tertiary/aromatic N) is 2. The number of halogens is 3. The summed E-state index contributed by atoms with van der Waals surface area (Å²) in [7, 11) is 0. The third kappa shape index (κ3) is 6.77. The topological polar surface area (TPSA) is 66.6 Å². The van der Waals surface area contributed by atoms with E-state index in [1.54, 1.807) is 26.2 Å². The quantitative estimate of drug-likeness (QED) is 0.205. The Labute approximate surface area is 236 Å². The largest absolute Gasteiger partial charge is 0.481 e. The number of furan rings is 1. The van der Waals surface area contributed by atoms with E-state index in [1.165, 1.54) is 18.0 Å². The molecule has 0 bridgehead atoms. The zero-order valence-corrected chi connectivity index (χ0v) is 23.8. The number of aryl methyl sites for hydroxylation is 3. The van der Waals surface area contributed by atoms with Crippen LogP contribution in [0.4, 0.5) is 13.2 Å². The van der Waals surface area contributed by atoms with Crippen molar-refractivity contribution >= 4 is 17.9 Å². The first-order valence-electron chi connectivity index (χ1n) is 12.7. The van der Waals surface area contributed by atoms with Gasteiger partial charge >= 0.3 is 12.1 Å². The van der Waals surface area contributed by atoms with Crippen LogP contribution in [0.25, 0.3) is 11.1 Å². The van der Waals surface area contributed by atoms with Crippen LogP contribution in [0.3, 0.4) is 0 Å². The van der Waals surface area contributed by atoms with Crippen LogP contribution in [0.2, 0.25) is 0 Å². The first-order valence-corrected chi connectivity index (χ1v) is 13.5. The first kappa shape index (κ1) is 29.4. The van der Waals surface area contributed by atoms with E-state index in [0.29, 0.717) is 12.1 Å². The van der Waals surface area contributed by atoms with Crippen molar-refractivity contribution in [2.45, 2.75) is 64.2 Å². The summed E-state index contributed by atoms with van der Waals surface area (Å²) in [5.74, 6) is -1.72. The molecule has 0 radical (unpaired) electrons. The van der Waals surface area contributed by atoms with Crippen molar-refractivity contribution in [2.24, 2.45) is 0 Å². The predicted molar refractivity (Wildman–Crippen MR) is 150 cm³/mol. The van der Waals surface area contributed by atoms with Crippen LogP contribution in [0.1, 0.15) is 53.2 Å². The molecule has 0 aliphatic rings. The van der Waals surface area contributed by atoms with Gasteiger partial charge in [0.2, 0.25) is 5.76 Å². The second kappa shape index (κ2) is 11.5. The molecule has 0 aliphatic heterocycles. The Balaban J connectivity index is 1.60. The Morgan fingerprint density at radius 1 is 0.925 bits per heavy atom. The maximum atomic E-state index is 13.1. The van der Waals surface area contributed by atoms with Gasteiger partial charge in [0.1, 0.15) is 5.76 Å². The highest BCUT2D eigenvalue weighted by Crippen LogP contribution is 2.35. The summed E-state index contributed by atoms with van der Waals surface area (Å²) in [5.41, 5.74) is 5.49. The molecule has 0 amide bonds. The average Bonchev–Trinajstić information content (AvgIpc) is 3.36. The molecule has 0 saturated heterocycles. The number of aliphatic carboxylic acids is 1. The molecule has 0 unspecified atom stereocenters. The van der Waals surface area contributed by atoms with E-state index in [2.05, 4.69) is 17.1 Å². The summed E-state index contributed by atoms with van der Waals surface area (Å²) in [4.78, 5) is 17.0. The van der Waals surface area contributed by atoms with Crippen molar-refractivity contribution in [1.82, 2.24) is 9.29 Å². The van der Waals surface area contributed by atoms with Crippen LogP contribution in [-0.2, 0) is 29.5 Å². The molecule has 2 heterocycles. The summed E-state index contributed by atoms with van der Waals surface area (Å²) in [6.45, 7) is 9.98. The molecule has 2 aromatic carbocycles. The zero-order valence-electron chi connectivity index (χ0n) is 23.0. The molecule has 9 heteroatoms. The second-order valence-corrected chi connectivity index (χ2v) is 11.6. The third-order valence-corrected chi connectivity index (χ3v) is 8.08. The Hall–Kier alpha value is -3.56. The van der Waals surface area contributed by atoms with Gasteiger partial charge in [0.15, 0.2) is 0 Å². The SMILES string of the molecule is Cc1cc(C)c(SN(Cc2ccc(-c3cncc(C(C)(C)C(=O)O)c3)cc2)Cc2ccc(C(F)(F)F)o2)c(C)c1. The van der Waals surface area contributed by atoms with E-state index < -0.39 is 23.3 Å². The molecule has 4 aromatic rings. The fourth-order valence-corrected chi connectivity index (χ4v) is 5.49. The lowest BCUT2D eigenvalue weighted by Crippen LogP contribution is -2.28. The van der Waals surface area contributed by atoms with Crippen molar-refractivity contribution in [3.05, 3.63) is 106 Å². The van der Waals surface area contributed by atoms with E-state index in [1.807, 2.05) is 55.4 Å². The maximum absolute atomic E-state index is 13.1. The molecule has 2 aromatic heterocycles. The van der Waals surface area contributed by atoms with Gasteiger partial charge in [-0.3, -0.25) is 9.78 Å². The van der Waals surface area contributed by atoms with Gasteiger partial charge in [-0.05, 0) is 92.6 Å². The van der Waals surface area contributed by atoms with Crippen molar-refractivity contribution in [2.75, 3.05) is 0 Å². The first-order chi connectivity index (χ1) is 18.7. The monoisotopic (exact) mass is 568 g/mol. The molecule has 0 spiro atoms. The van der Waals surface area contributed by atoms with E-state index >= 15 is 0 Å². The summed E-state index contributed by atoms with van der Waals surface area (Å²) in [6.07, 6.45) is -1.28. The molecular formula is C31H31F3N2O3S. The van der Waals surface area contributed by atoms with Gasteiger partial charge in [-0.1, -0.05) is 42.0 Å². The number of benzene rings is 2. The summed E-state index contributed by atoms with van der Waals surface area (Å²) >= 11 is 1.49. The van der Waals surface area contributed by atoms with Crippen LogP contribution < -0.4 is 0 Å². The fourth-order valence-electron chi connectivity index (χ4n) is 4.42. The number of carbonyl (C=O) groups is 1. The van der Waals surface area contributed by atoms with Crippen LogP contribution in [-0.4, -0.2) is 20.4 Å². The van der Waals surface area contributed by atoms with E-state index in [9.17, 15) is 23.1 Å². The van der Waals surface area contributed by atoms with Crippen molar-refractivity contribution in [3.63, 3.8) is 0 Å². The van der Waals surface area contributed by atoms with Gasteiger partial charge in [0.05, 0.1) is 12.0 Å². The van der Waals surface area contributed by atoms with Crippen molar-refractivity contribution in [1.29, 1.82) is 0 Å². The molecule has 5 nitrogen and oxygen atoms in total. The predicted octanol–water partition coefficient (Wildman–Crippen LogP) is 8.36. The molecule has 4 rings (SSSR count). The number of hydrogen-bond donors (Lipinski definition) is 1. The molecule has 40 heavy (non-hydrogen) atoms. The summed E-state index contributed by atoms with van der Waals surface area (Å²) < 4.78 is 46.5. The number of aromatic nitrogens is 1. The highest BCUT2D eigenvalue weighted by atomic mass is 32.2. The van der Waals surface area contributed by atoms with Gasteiger partial charge in [0.25, 0.3) is 0 Å². The Morgan fingerprint density at radius 2 is 1.57 bits per heavy atom. The van der Waals surface area contributed by atoms with Gasteiger partial charge < -0.3 is 9.52 Å². The van der Waals surface area contributed by atoms with E-state index in [4.69, 9.17) is 4.42 Å². The molecular weight excluding hydrogens is 537 g/mol. The summed E-state index contributed by atoms with van der Waals surface area (Å²) in [6, 6.07) is 16.1. The number of hydrogen-bond acceptors (Lipinski definition) is 5. The van der Waals surface area contributed by atoms with Crippen LogP contribution >= 0.6 is 11.9 Å². The molecule has 1 N–H and O–H groups in total. The number of carboxylic acids is 1. The lowest BCUT2D eigenvalue weighted by atomic mass is 9.85. The fraction of sp³-hybridized carbons (Fsp3) is 0.290. The lowest BCUT2D eigenvalue weighted by molar-refractivity contribution is -0.153. The second-order valence-electron chi connectivity index (χ2n) is 10.5. The minimum absolute atomic E-state index is 0.172. The van der Waals surface area contributed by atoms with Gasteiger partial charge in [-0.15, -0.1) is 0 Å². The highest BCUT2D eigenvalue weighted by molar-refractivity contribution is 7.97. The van der Waals surface area contributed by atoms with Gasteiger partial charge in [-0.2, -0.15) is 13.2 Å². The number of pyridine rings is 1. The standard InChI is InChI=1S/C31H31F3N2O3S/c1-19-12-20(2)28(21(3)13-19)40-36(18-26-10-11-27(39-26)31(32,33)34)17-22-6-8-23(9-7-22)24-14-25(16-35-15-24)30(4,5)29(37)38/h6-16H,17-18H2,1-5H3,(H,37,38). The number of carboxylic acid groups (broad SMARTS) is 1. The normalized spacial score (nSPS) is 12.2. The molecule has 0 aliphatic carbocycles. The van der Waals surface area contributed by atoms with Gasteiger partial charge in [-0.25, -0.2) is 4.31 Å². The smallest absolute Gasteiger partial charge is 0.449 e. The molecule has 0 atom stereocenters. The van der Waals surface area contributed by atoms with Crippen molar-refractivity contribution < 1.29 is 27.5 Å². The Kier molecular flexibility index (Phi) is 8.46. The Morgan fingerprint density at radius 3 is 2.15 bits per heavy atom. The van der Waals surface area contributed by atoms with E-state index in [-0.39, 0.29) is 12.3 Å². The Bertz CT molecular complexity index is 1490. The third-order valence-electron chi connectivity index (χ3n) is 6.74. The lowest BCUT2D eigenvalue weighted by Gasteiger charge is -2.23. The molecule has 0 saturated carbocycles. The number of alkyl halides is 3. The molecule has 0 fully saturated rings. The molecule has 210 valence electrons.